The van der Waals surface area contributed by atoms with Crippen LogP contribution in [0.2, 0.25) is 0 Å². The summed E-state index contributed by atoms with van der Waals surface area (Å²) >= 11 is 0. The van der Waals surface area contributed by atoms with Gasteiger partial charge in [0, 0.05) is 43.7 Å². The van der Waals surface area contributed by atoms with Crippen LogP contribution in [0.5, 0.6) is 0 Å². The third-order valence-electron chi connectivity index (χ3n) is 5.83. The average Bonchev–Trinajstić information content (AvgIpc) is 3.28. The monoisotopic (exact) mass is 355 g/mol. The number of carbonyl (C=O) groups excluding carboxylic acids is 1. The first kappa shape index (κ1) is 17.2. The van der Waals surface area contributed by atoms with Crippen molar-refractivity contribution in [2.24, 2.45) is 5.41 Å². The molecule has 6 nitrogen and oxygen atoms in total. The van der Waals surface area contributed by atoms with Crippen molar-refractivity contribution in [1.82, 2.24) is 15.1 Å². The standard InChI is InChI=1S/C20H25N3O3/c1-3-17(24)23-12-16(20(13-23)8-10-25-11-9-20)19-22-21-18(26-19)15-6-4-14(2)5-7-15/h4-7,16H,3,8-13H2,1-2H3. The van der Waals surface area contributed by atoms with Gasteiger partial charge in [0.2, 0.25) is 17.7 Å². The zero-order valence-electron chi connectivity index (χ0n) is 15.4. The van der Waals surface area contributed by atoms with Crippen molar-refractivity contribution >= 4 is 5.91 Å². The van der Waals surface area contributed by atoms with Crippen molar-refractivity contribution in [2.75, 3.05) is 26.3 Å². The Morgan fingerprint density at radius 1 is 1.23 bits per heavy atom. The molecule has 1 atom stereocenters. The van der Waals surface area contributed by atoms with E-state index in [1.54, 1.807) is 0 Å². The SMILES string of the molecule is CCC(=O)N1CC(c2nnc(-c3ccc(C)cc3)o2)C2(CCOCC2)C1. The Hall–Kier alpha value is -2.21. The van der Waals surface area contributed by atoms with Crippen LogP contribution in [0.4, 0.5) is 0 Å². The Morgan fingerprint density at radius 2 is 1.96 bits per heavy atom. The first-order chi connectivity index (χ1) is 12.6. The third kappa shape index (κ3) is 3.03. The molecule has 4 rings (SSSR count). The van der Waals surface area contributed by atoms with Crippen LogP contribution in [0.15, 0.2) is 28.7 Å². The van der Waals surface area contributed by atoms with E-state index in [2.05, 4.69) is 17.1 Å². The van der Waals surface area contributed by atoms with Gasteiger partial charge in [-0.1, -0.05) is 24.6 Å². The second-order valence-corrected chi connectivity index (χ2v) is 7.47. The fourth-order valence-corrected chi connectivity index (χ4v) is 4.20. The van der Waals surface area contributed by atoms with E-state index in [4.69, 9.17) is 9.15 Å². The minimum Gasteiger partial charge on any atom is -0.420 e. The topological polar surface area (TPSA) is 68.5 Å². The number of aryl methyl sites for hydroxylation is 1. The van der Waals surface area contributed by atoms with Crippen molar-refractivity contribution < 1.29 is 13.9 Å². The molecule has 0 saturated carbocycles. The van der Waals surface area contributed by atoms with E-state index in [9.17, 15) is 4.79 Å². The predicted octanol–water partition coefficient (Wildman–Crippen LogP) is 3.18. The minimum atomic E-state index is -0.0137. The zero-order valence-corrected chi connectivity index (χ0v) is 15.4. The molecule has 0 bridgehead atoms. The summed E-state index contributed by atoms with van der Waals surface area (Å²) in [4.78, 5) is 14.3. The van der Waals surface area contributed by atoms with Crippen molar-refractivity contribution in [1.29, 1.82) is 0 Å². The molecule has 2 aliphatic rings. The molecule has 2 aliphatic heterocycles. The van der Waals surface area contributed by atoms with Gasteiger partial charge in [0.25, 0.3) is 0 Å². The number of carbonyl (C=O) groups is 1. The number of hydrogen-bond donors (Lipinski definition) is 0. The Bertz CT molecular complexity index is 778. The molecule has 0 radical (unpaired) electrons. The van der Waals surface area contributed by atoms with Gasteiger partial charge in [0.15, 0.2) is 0 Å². The number of aromatic nitrogens is 2. The van der Waals surface area contributed by atoms with Gasteiger partial charge in [0.1, 0.15) is 0 Å². The molecule has 2 saturated heterocycles. The second-order valence-electron chi connectivity index (χ2n) is 7.47. The molecule has 138 valence electrons. The lowest BCUT2D eigenvalue weighted by Gasteiger charge is -2.36. The van der Waals surface area contributed by atoms with Crippen LogP contribution in [-0.4, -0.2) is 47.3 Å². The van der Waals surface area contributed by atoms with Gasteiger partial charge in [-0.25, -0.2) is 0 Å². The van der Waals surface area contributed by atoms with Gasteiger partial charge >= 0.3 is 0 Å². The van der Waals surface area contributed by atoms with Crippen molar-refractivity contribution in [2.45, 2.75) is 39.0 Å². The molecule has 0 aliphatic carbocycles. The maximum absolute atomic E-state index is 12.3. The molecule has 1 spiro atoms. The highest BCUT2D eigenvalue weighted by atomic mass is 16.5. The molecule has 6 heteroatoms. The predicted molar refractivity (Wildman–Crippen MR) is 96.6 cm³/mol. The number of rotatable bonds is 3. The molecule has 3 heterocycles. The Morgan fingerprint density at radius 3 is 2.65 bits per heavy atom. The number of ether oxygens (including phenoxy) is 1. The quantitative estimate of drug-likeness (QED) is 0.846. The van der Waals surface area contributed by atoms with E-state index < -0.39 is 0 Å². The second kappa shape index (κ2) is 6.83. The van der Waals surface area contributed by atoms with Gasteiger partial charge in [-0.05, 0) is 31.9 Å². The van der Waals surface area contributed by atoms with E-state index >= 15 is 0 Å². The van der Waals surface area contributed by atoms with Gasteiger partial charge < -0.3 is 14.1 Å². The van der Waals surface area contributed by atoms with Crippen molar-refractivity contribution in [3.8, 4) is 11.5 Å². The highest BCUT2D eigenvalue weighted by Gasteiger charge is 2.51. The number of amides is 1. The summed E-state index contributed by atoms with van der Waals surface area (Å²) < 4.78 is 11.7. The molecular formula is C20H25N3O3. The van der Waals surface area contributed by atoms with E-state index in [0.29, 0.717) is 24.7 Å². The lowest BCUT2D eigenvalue weighted by atomic mass is 9.72. The van der Waals surface area contributed by atoms with Crippen LogP contribution in [0.25, 0.3) is 11.5 Å². The lowest BCUT2D eigenvalue weighted by Crippen LogP contribution is -2.37. The van der Waals surface area contributed by atoms with Gasteiger partial charge in [0.05, 0.1) is 5.92 Å². The van der Waals surface area contributed by atoms with Gasteiger partial charge in [-0.2, -0.15) is 0 Å². The summed E-state index contributed by atoms with van der Waals surface area (Å²) in [5.41, 5.74) is 2.11. The summed E-state index contributed by atoms with van der Waals surface area (Å²) in [6.45, 7) is 6.83. The molecule has 26 heavy (non-hydrogen) atoms. The molecule has 1 aromatic carbocycles. The van der Waals surface area contributed by atoms with E-state index in [1.807, 2.05) is 36.1 Å². The van der Waals surface area contributed by atoms with Crippen LogP contribution < -0.4 is 0 Å². The fraction of sp³-hybridized carbons (Fsp3) is 0.550. The van der Waals surface area contributed by atoms with Crippen molar-refractivity contribution in [3.05, 3.63) is 35.7 Å². The number of hydrogen-bond acceptors (Lipinski definition) is 5. The van der Waals surface area contributed by atoms with Gasteiger partial charge in [-0.15, -0.1) is 10.2 Å². The van der Waals surface area contributed by atoms with Crippen LogP contribution in [0, 0.1) is 12.3 Å². The first-order valence-electron chi connectivity index (χ1n) is 9.37. The summed E-state index contributed by atoms with van der Waals surface area (Å²) in [7, 11) is 0. The Balaban J connectivity index is 1.64. The van der Waals surface area contributed by atoms with Crippen molar-refractivity contribution in [3.63, 3.8) is 0 Å². The summed E-state index contributed by atoms with van der Waals surface area (Å²) in [6, 6.07) is 8.07. The minimum absolute atomic E-state index is 0.0137. The lowest BCUT2D eigenvalue weighted by molar-refractivity contribution is -0.130. The molecular weight excluding hydrogens is 330 g/mol. The van der Waals surface area contributed by atoms with E-state index in [-0.39, 0.29) is 17.2 Å². The largest absolute Gasteiger partial charge is 0.420 e. The van der Waals surface area contributed by atoms with Crippen LogP contribution >= 0.6 is 0 Å². The van der Waals surface area contributed by atoms with Crippen LogP contribution in [0.3, 0.4) is 0 Å². The smallest absolute Gasteiger partial charge is 0.247 e. The first-order valence-corrected chi connectivity index (χ1v) is 9.37. The van der Waals surface area contributed by atoms with E-state index in [1.165, 1.54) is 5.56 Å². The summed E-state index contributed by atoms with van der Waals surface area (Å²) in [5, 5.41) is 8.65. The maximum Gasteiger partial charge on any atom is 0.247 e. The van der Waals surface area contributed by atoms with Crippen LogP contribution in [0.1, 0.15) is 43.6 Å². The summed E-state index contributed by atoms with van der Waals surface area (Å²) in [6.07, 6.45) is 2.37. The molecule has 2 fully saturated rings. The number of benzene rings is 1. The fourth-order valence-electron chi connectivity index (χ4n) is 4.20. The van der Waals surface area contributed by atoms with Gasteiger partial charge in [-0.3, -0.25) is 4.79 Å². The number of likely N-dealkylation sites (tertiary alicyclic amines) is 1. The molecule has 1 aromatic heterocycles. The molecule has 0 N–H and O–H groups in total. The molecule has 1 unspecified atom stereocenters. The highest BCUT2D eigenvalue weighted by Crippen LogP contribution is 2.49. The zero-order chi connectivity index (χ0) is 18.1. The summed E-state index contributed by atoms with van der Waals surface area (Å²) in [5.74, 6) is 1.46. The average molecular weight is 355 g/mol. The normalized spacial score (nSPS) is 22.1. The van der Waals surface area contributed by atoms with Crippen LogP contribution in [-0.2, 0) is 9.53 Å². The highest BCUT2D eigenvalue weighted by molar-refractivity contribution is 5.76. The Kier molecular flexibility index (Phi) is 4.53. The molecule has 1 amide bonds. The molecule has 2 aromatic rings. The Labute approximate surface area is 153 Å². The van der Waals surface area contributed by atoms with E-state index in [0.717, 1.165) is 38.2 Å². The maximum atomic E-state index is 12.3. The number of nitrogens with zero attached hydrogens (tertiary/aromatic N) is 3. The third-order valence-corrected chi connectivity index (χ3v) is 5.83.